The molecular weight excluding hydrogens is 176 g/mol. The molecule has 1 aromatic heterocycles. The summed E-state index contributed by atoms with van der Waals surface area (Å²) in [4.78, 5) is 4.25. The average molecular weight is 190 g/mol. The van der Waals surface area contributed by atoms with E-state index >= 15 is 0 Å². The zero-order valence-electron chi connectivity index (χ0n) is 8.20. The van der Waals surface area contributed by atoms with Crippen molar-refractivity contribution in [3.63, 3.8) is 0 Å². The molecule has 14 heavy (non-hydrogen) atoms. The molecule has 1 fully saturated rings. The van der Waals surface area contributed by atoms with Crippen LogP contribution in [0.5, 0.6) is 0 Å². The van der Waals surface area contributed by atoms with Crippen molar-refractivity contribution in [2.24, 2.45) is 0 Å². The Bertz CT molecular complexity index is 361. The fourth-order valence-electron chi connectivity index (χ4n) is 1.45. The normalized spacial score (nSPS) is 20.4. The highest BCUT2D eigenvalue weighted by Crippen LogP contribution is 2.21. The van der Waals surface area contributed by atoms with Gasteiger partial charge in [0.25, 0.3) is 0 Å². The molecule has 1 aliphatic heterocycles. The molecule has 0 aromatic carbocycles. The van der Waals surface area contributed by atoms with Crippen molar-refractivity contribution in [3.8, 4) is 0 Å². The van der Waals surface area contributed by atoms with Crippen LogP contribution in [0.3, 0.4) is 0 Å². The van der Waals surface area contributed by atoms with Crippen LogP contribution >= 0.6 is 0 Å². The van der Waals surface area contributed by atoms with E-state index in [-0.39, 0.29) is 0 Å². The number of nitrogens with one attached hydrogen (secondary N) is 1. The fourth-order valence-corrected chi connectivity index (χ4v) is 1.45. The van der Waals surface area contributed by atoms with E-state index in [2.05, 4.69) is 23.9 Å². The highest BCUT2D eigenvalue weighted by atomic mass is 15.6. The van der Waals surface area contributed by atoms with Crippen molar-refractivity contribution in [1.82, 2.24) is 10.4 Å². The van der Waals surface area contributed by atoms with Crippen LogP contribution in [0.1, 0.15) is 12.5 Å². The maximum Gasteiger partial charge on any atom is 0.143 e. The summed E-state index contributed by atoms with van der Waals surface area (Å²) < 4.78 is 0. The largest absolute Gasteiger partial charge is 0.397 e. The van der Waals surface area contributed by atoms with Crippen LogP contribution in [0.2, 0.25) is 0 Å². The molecule has 1 unspecified atom stereocenters. The molecule has 0 aliphatic carbocycles. The van der Waals surface area contributed by atoms with E-state index in [9.17, 15) is 0 Å². The Morgan fingerprint density at radius 2 is 2.57 bits per heavy atom. The second kappa shape index (κ2) is 3.31. The molecular formula is C10H14N4. The van der Waals surface area contributed by atoms with E-state index in [0.717, 1.165) is 17.9 Å². The van der Waals surface area contributed by atoms with E-state index < -0.39 is 0 Å². The van der Waals surface area contributed by atoms with E-state index in [4.69, 9.17) is 5.73 Å². The molecule has 0 saturated carbocycles. The number of hydrogen-bond donors (Lipinski definition) is 2. The van der Waals surface area contributed by atoms with Crippen LogP contribution in [0.4, 0.5) is 11.5 Å². The van der Waals surface area contributed by atoms with Gasteiger partial charge < -0.3 is 5.73 Å². The number of anilines is 2. The standard InChI is InChI=1S/C10H14N4/c1-3-8-4-10(12-6-9(8)11)14-7(2)5-13-14/h3-4,6-7,13H,1,5,11H2,2H3. The number of nitrogen functional groups attached to an aromatic ring is 1. The van der Waals surface area contributed by atoms with Gasteiger partial charge in [0.15, 0.2) is 0 Å². The van der Waals surface area contributed by atoms with E-state index in [1.165, 1.54) is 0 Å². The lowest BCUT2D eigenvalue weighted by Crippen LogP contribution is -2.61. The Balaban J connectivity index is 2.31. The Morgan fingerprint density at radius 1 is 1.79 bits per heavy atom. The molecule has 74 valence electrons. The maximum absolute atomic E-state index is 5.72. The van der Waals surface area contributed by atoms with Crippen molar-refractivity contribution >= 4 is 17.6 Å². The van der Waals surface area contributed by atoms with E-state index in [1.54, 1.807) is 12.3 Å². The van der Waals surface area contributed by atoms with Gasteiger partial charge in [0.1, 0.15) is 5.82 Å². The number of hydrazine groups is 1. The number of nitrogens with zero attached hydrogens (tertiary/aromatic N) is 2. The Hall–Kier alpha value is -1.55. The monoisotopic (exact) mass is 190 g/mol. The van der Waals surface area contributed by atoms with Gasteiger partial charge in [-0.3, -0.25) is 5.01 Å². The third-order valence-electron chi connectivity index (χ3n) is 2.42. The molecule has 0 amide bonds. The highest BCUT2D eigenvalue weighted by Gasteiger charge is 2.24. The van der Waals surface area contributed by atoms with Gasteiger partial charge in [0.2, 0.25) is 0 Å². The summed E-state index contributed by atoms with van der Waals surface area (Å²) in [5.41, 5.74) is 10.5. The van der Waals surface area contributed by atoms with Crippen molar-refractivity contribution < 1.29 is 0 Å². The molecule has 0 radical (unpaired) electrons. The lowest BCUT2D eigenvalue weighted by molar-refractivity contribution is 0.403. The lowest BCUT2D eigenvalue weighted by Gasteiger charge is -2.40. The Labute approximate surface area is 83.4 Å². The molecule has 4 nitrogen and oxygen atoms in total. The van der Waals surface area contributed by atoms with Crippen LogP contribution in [0.25, 0.3) is 6.08 Å². The van der Waals surface area contributed by atoms with Crippen LogP contribution in [0, 0.1) is 0 Å². The third-order valence-corrected chi connectivity index (χ3v) is 2.42. The maximum atomic E-state index is 5.72. The molecule has 3 N–H and O–H groups in total. The molecule has 4 heteroatoms. The zero-order valence-corrected chi connectivity index (χ0v) is 8.20. The van der Waals surface area contributed by atoms with Crippen LogP contribution in [-0.4, -0.2) is 17.6 Å². The number of pyridine rings is 1. The number of rotatable bonds is 2. The summed E-state index contributed by atoms with van der Waals surface area (Å²) in [6, 6.07) is 2.43. The average Bonchev–Trinajstić information content (AvgIpc) is 2.18. The lowest BCUT2D eigenvalue weighted by atomic mass is 10.2. The molecule has 2 heterocycles. The minimum atomic E-state index is 0.490. The summed E-state index contributed by atoms with van der Waals surface area (Å²) in [6.45, 7) is 6.84. The second-order valence-electron chi connectivity index (χ2n) is 3.46. The van der Waals surface area contributed by atoms with E-state index in [0.29, 0.717) is 11.7 Å². The first-order valence-electron chi connectivity index (χ1n) is 4.63. The fraction of sp³-hybridized carbons (Fsp3) is 0.300. The molecule has 2 rings (SSSR count). The van der Waals surface area contributed by atoms with Gasteiger partial charge in [-0.15, -0.1) is 0 Å². The molecule has 0 bridgehead atoms. The van der Waals surface area contributed by atoms with Crippen LogP contribution in [0.15, 0.2) is 18.8 Å². The minimum Gasteiger partial charge on any atom is -0.397 e. The number of aromatic nitrogens is 1. The first-order valence-corrected chi connectivity index (χ1v) is 4.63. The van der Waals surface area contributed by atoms with Crippen molar-refractivity contribution in [1.29, 1.82) is 0 Å². The van der Waals surface area contributed by atoms with Crippen LogP contribution in [-0.2, 0) is 0 Å². The molecule has 1 aliphatic rings. The zero-order chi connectivity index (χ0) is 10.1. The number of hydrogen-bond acceptors (Lipinski definition) is 4. The SMILES string of the molecule is C=Cc1cc(N2NCC2C)ncc1N. The predicted octanol–water partition coefficient (Wildman–Crippen LogP) is 1.02. The summed E-state index contributed by atoms with van der Waals surface area (Å²) in [5, 5.41) is 2.02. The first kappa shape index (κ1) is 9.02. The summed E-state index contributed by atoms with van der Waals surface area (Å²) in [7, 11) is 0. The smallest absolute Gasteiger partial charge is 0.143 e. The summed E-state index contributed by atoms with van der Waals surface area (Å²) in [6.07, 6.45) is 3.41. The second-order valence-corrected chi connectivity index (χ2v) is 3.46. The summed E-state index contributed by atoms with van der Waals surface area (Å²) in [5.74, 6) is 0.896. The van der Waals surface area contributed by atoms with Crippen molar-refractivity contribution in [2.75, 3.05) is 17.3 Å². The van der Waals surface area contributed by atoms with Crippen molar-refractivity contribution in [2.45, 2.75) is 13.0 Å². The molecule has 0 spiro atoms. The first-order chi connectivity index (χ1) is 6.72. The van der Waals surface area contributed by atoms with Gasteiger partial charge >= 0.3 is 0 Å². The topological polar surface area (TPSA) is 54.2 Å². The molecule has 1 saturated heterocycles. The predicted molar refractivity (Wildman–Crippen MR) is 58.7 cm³/mol. The van der Waals surface area contributed by atoms with Gasteiger partial charge in [-0.2, -0.15) is 0 Å². The van der Waals surface area contributed by atoms with Crippen molar-refractivity contribution in [3.05, 3.63) is 24.4 Å². The van der Waals surface area contributed by atoms with Gasteiger partial charge in [-0.25, -0.2) is 10.4 Å². The van der Waals surface area contributed by atoms with Gasteiger partial charge in [0, 0.05) is 12.1 Å². The van der Waals surface area contributed by atoms with Crippen LogP contribution < -0.4 is 16.2 Å². The molecule has 1 aromatic rings. The van der Waals surface area contributed by atoms with Gasteiger partial charge in [-0.05, 0) is 13.0 Å². The quantitative estimate of drug-likeness (QED) is 0.731. The Morgan fingerprint density at radius 3 is 3.07 bits per heavy atom. The van der Waals surface area contributed by atoms with Gasteiger partial charge in [0.05, 0.1) is 17.9 Å². The molecule has 1 atom stereocenters. The van der Waals surface area contributed by atoms with Gasteiger partial charge in [-0.1, -0.05) is 12.7 Å². The number of nitrogens with two attached hydrogens (primary N) is 1. The Kier molecular flexibility index (Phi) is 2.13. The van der Waals surface area contributed by atoms with E-state index in [1.807, 2.05) is 11.1 Å². The third kappa shape index (κ3) is 1.33. The summed E-state index contributed by atoms with van der Waals surface area (Å²) >= 11 is 0. The minimum absolute atomic E-state index is 0.490. The highest BCUT2D eigenvalue weighted by molar-refractivity contribution is 5.66.